The van der Waals surface area contributed by atoms with E-state index in [9.17, 15) is 5.11 Å². The second kappa shape index (κ2) is 7.45. The van der Waals surface area contributed by atoms with Crippen LogP contribution in [0.15, 0.2) is 42.7 Å². The normalized spacial score (nSPS) is 10.3. The predicted molar refractivity (Wildman–Crippen MR) is 80.8 cm³/mol. The molecule has 2 N–H and O–H groups in total. The summed E-state index contributed by atoms with van der Waals surface area (Å²) in [6.45, 7) is 4.13. The van der Waals surface area contributed by atoms with Gasteiger partial charge in [-0.1, -0.05) is 30.3 Å². The van der Waals surface area contributed by atoms with Crippen LogP contribution in [0.5, 0.6) is 0 Å². The second-order valence-electron chi connectivity index (χ2n) is 4.42. The predicted octanol–water partition coefficient (Wildman–Crippen LogP) is 1.91. The molecule has 1 aromatic carbocycles. The van der Waals surface area contributed by atoms with E-state index >= 15 is 0 Å². The summed E-state index contributed by atoms with van der Waals surface area (Å²) in [6, 6.07) is 10.1. The molecule has 0 amide bonds. The van der Waals surface area contributed by atoms with E-state index in [-0.39, 0.29) is 6.61 Å². The van der Waals surface area contributed by atoms with Crippen molar-refractivity contribution >= 4 is 11.6 Å². The average Bonchev–Trinajstić information content (AvgIpc) is 2.49. The molecule has 0 aliphatic carbocycles. The fourth-order valence-electron chi connectivity index (χ4n) is 1.97. The molecule has 0 aliphatic heterocycles. The van der Waals surface area contributed by atoms with Crippen molar-refractivity contribution in [1.29, 1.82) is 0 Å². The van der Waals surface area contributed by atoms with Crippen LogP contribution in [-0.2, 0) is 6.54 Å². The summed E-state index contributed by atoms with van der Waals surface area (Å²) in [5.74, 6) is 1.52. The van der Waals surface area contributed by atoms with Crippen LogP contribution in [0, 0.1) is 0 Å². The molecule has 1 aromatic heterocycles. The first kappa shape index (κ1) is 14.3. The van der Waals surface area contributed by atoms with E-state index < -0.39 is 0 Å². The van der Waals surface area contributed by atoms with Crippen LogP contribution in [-0.4, -0.2) is 34.8 Å². The summed E-state index contributed by atoms with van der Waals surface area (Å²) < 4.78 is 0. The maximum atomic E-state index is 9.24. The Morgan fingerprint density at radius 3 is 2.70 bits per heavy atom. The zero-order chi connectivity index (χ0) is 14.2. The standard InChI is InChI=1S/C15H20N4O/c1-2-17-14-10-16-11-15(18-14)19(8-9-20)12-13-6-4-3-5-7-13/h3-7,10-11,20H,2,8-9,12H2,1H3,(H,17,18). The quantitative estimate of drug-likeness (QED) is 0.806. The molecule has 0 saturated heterocycles. The van der Waals surface area contributed by atoms with Crippen LogP contribution in [0.2, 0.25) is 0 Å². The fourth-order valence-corrected chi connectivity index (χ4v) is 1.97. The van der Waals surface area contributed by atoms with E-state index in [0.717, 1.165) is 18.2 Å². The molecule has 0 unspecified atom stereocenters. The Balaban J connectivity index is 2.17. The fraction of sp³-hybridized carbons (Fsp3) is 0.333. The lowest BCUT2D eigenvalue weighted by atomic mass is 10.2. The van der Waals surface area contributed by atoms with Crippen molar-refractivity contribution in [2.24, 2.45) is 0 Å². The molecule has 0 saturated carbocycles. The molecule has 106 valence electrons. The summed E-state index contributed by atoms with van der Waals surface area (Å²) in [6.07, 6.45) is 3.42. The number of hydrogen-bond donors (Lipinski definition) is 2. The minimum Gasteiger partial charge on any atom is -0.395 e. The molecule has 0 aliphatic rings. The van der Waals surface area contributed by atoms with Gasteiger partial charge in [0.25, 0.3) is 0 Å². The number of aromatic nitrogens is 2. The van der Waals surface area contributed by atoms with Crippen molar-refractivity contribution in [2.45, 2.75) is 13.5 Å². The molecule has 0 bridgehead atoms. The van der Waals surface area contributed by atoms with E-state index in [0.29, 0.717) is 13.1 Å². The molecule has 2 rings (SSSR count). The first-order valence-corrected chi connectivity index (χ1v) is 6.79. The van der Waals surface area contributed by atoms with Gasteiger partial charge in [0.15, 0.2) is 0 Å². The van der Waals surface area contributed by atoms with Crippen molar-refractivity contribution < 1.29 is 5.11 Å². The first-order valence-electron chi connectivity index (χ1n) is 6.79. The van der Waals surface area contributed by atoms with Gasteiger partial charge in [0.1, 0.15) is 11.6 Å². The molecule has 2 aromatic rings. The van der Waals surface area contributed by atoms with Gasteiger partial charge in [0.2, 0.25) is 0 Å². The third kappa shape index (κ3) is 3.93. The summed E-state index contributed by atoms with van der Waals surface area (Å²) in [5.41, 5.74) is 1.18. The maximum Gasteiger partial charge on any atom is 0.149 e. The van der Waals surface area contributed by atoms with Crippen molar-refractivity contribution in [2.75, 3.05) is 29.9 Å². The number of aliphatic hydroxyl groups excluding tert-OH is 1. The summed E-state index contributed by atoms with van der Waals surface area (Å²) in [7, 11) is 0. The van der Waals surface area contributed by atoms with E-state index in [1.165, 1.54) is 5.56 Å². The van der Waals surface area contributed by atoms with E-state index in [1.807, 2.05) is 30.0 Å². The third-order valence-corrected chi connectivity index (χ3v) is 2.89. The molecule has 1 heterocycles. The number of nitrogens with zero attached hydrogens (tertiary/aromatic N) is 3. The zero-order valence-corrected chi connectivity index (χ0v) is 11.7. The molecule has 0 fully saturated rings. The van der Waals surface area contributed by atoms with Crippen molar-refractivity contribution in [3.05, 3.63) is 48.3 Å². The van der Waals surface area contributed by atoms with Gasteiger partial charge in [-0.3, -0.25) is 4.98 Å². The topological polar surface area (TPSA) is 61.3 Å². The van der Waals surface area contributed by atoms with Gasteiger partial charge >= 0.3 is 0 Å². The van der Waals surface area contributed by atoms with E-state index in [1.54, 1.807) is 12.4 Å². The Bertz CT molecular complexity index is 518. The van der Waals surface area contributed by atoms with Crippen molar-refractivity contribution in [3.63, 3.8) is 0 Å². The number of anilines is 2. The molecule has 0 atom stereocenters. The lowest BCUT2D eigenvalue weighted by molar-refractivity contribution is 0.301. The minimum absolute atomic E-state index is 0.0833. The van der Waals surface area contributed by atoms with Crippen LogP contribution in [0.25, 0.3) is 0 Å². The van der Waals surface area contributed by atoms with E-state index in [2.05, 4.69) is 27.4 Å². The first-order chi connectivity index (χ1) is 9.83. The maximum absolute atomic E-state index is 9.24. The van der Waals surface area contributed by atoms with Crippen LogP contribution in [0.4, 0.5) is 11.6 Å². The molecule has 0 radical (unpaired) electrons. The van der Waals surface area contributed by atoms with Crippen molar-refractivity contribution in [3.8, 4) is 0 Å². The minimum atomic E-state index is 0.0833. The second-order valence-corrected chi connectivity index (χ2v) is 4.42. The monoisotopic (exact) mass is 272 g/mol. The van der Waals surface area contributed by atoms with E-state index in [4.69, 9.17) is 0 Å². The van der Waals surface area contributed by atoms with Crippen LogP contribution in [0.3, 0.4) is 0 Å². The van der Waals surface area contributed by atoms with Crippen LogP contribution >= 0.6 is 0 Å². The molecule has 5 heteroatoms. The zero-order valence-electron chi connectivity index (χ0n) is 11.7. The highest BCUT2D eigenvalue weighted by atomic mass is 16.3. The van der Waals surface area contributed by atoms with Crippen molar-refractivity contribution in [1.82, 2.24) is 9.97 Å². The third-order valence-electron chi connectivity index (χ3n) is 2.89. The van der Waals surface area contributed by atoms with Crippen LogP contribution < -0.4 is 10.2 Å². The number of hydrogen-bond acceptors (Lipinski definition) is 5. The van der Waals surface area contributed by atoms with Crippen LogP contribution in [0.1, 0.15) is 12.5 Å². The SMILES string of the molecule is CCNc1cncc(N(CCO)Cc2ccccc2)n1. The summed E-state index contributed by atoms with van der Waals surface area (Å²) in [4.78, 5) is 10.7. The van der Waals surface area contributed by atoms with Gasteiger partial charge in [0.05, 0.1) is 19.0 Å². The Morgan fingerprint density at radius 1 is 1.20 bits per heavy atom. The Hall–Kier alpha value is -2.14. The molecule has 0 spiro atoms. The molecule has 20 heavy (non-hydrogen) atoms. The number of rotatable bonds is 7. The molecular formula is C15H20N4O. The Morgan fingerprint density at radius 2 is 2.00 bits per heavy atom. The highest BCUT2D eigenvalue weighted by Gasteiger charge is 2.09. The largest absolute Gasteiger partial charge is 0.395 e. The molecule has 5 nitrogen and oxygen atoms in total. The van der Waals surface area contributed by atoms with Gasteiger partial charge < -0.3 is 15.3 Å². The number of nitrogens with one attached hydrogen (secondary N) is 1. The number of benzene rings is 1. The highest BCUT2D eigenvalue weighted by Crippen LogP contribution is 2.15. The van der Waals surface area contributed by atoms with Gasteiger partial charge in [-0.2, -0.15) is 0 Å². The summed E-state index contributed by atoms with van der Waals surface area (Å²) in [5, 5.41) is 12.4. The smallest absolute Gasteiger partial charge is 0.149 e. The van der Waals surface area contributed by atoms with Gasteiger partial charge in [0, 0.05) is 19.6 Å². The lowest BCUT2D eigenvalue weighted by Crippen LogP contribution is -2.27. The number of aliphatic hydroxyl groups is 1. The summed E-state index contributed by atoms with van der Waals surface area (Å²) >= 11 is 0. The molecular weight excluding hydrogens is 252 g/mol. The van der Waals surface area contributed by atoms with Gasteiger partial charge in [-0.05, 0) is 12.5 Å². The Labute approximate surface area is 119 Å². The van der Waals surface area contributed by atoms with Gasteiger partial charge in [-0.15, -0.1) is 0 Å². The Kier molecular flexibility index (Phi) is 5.32. The lowest BCUT2D eigenvalue weighted by Gasteiger charge is -2.23. The average molecular weight is 272 g/mol. The van der Waals surface area contributed by atoms with Gasteiger partial charge in [-0.25, -0.2) is 4.98 Å². The highest BCUT2D eigenvalue weighted by molar-refractivity contribution is 5.44.